The van der Waals surface area contributed by atoms with Gasteiger partial charge in [0.05, 0.1) is 12.6 Å². The first-order valence-corrected chi connectivity index (χ1v) is 8.71. The highest BCUT2D eigenvalue weighted by molar-refractivity contribution is 8.14. The first kappa shape index (κ1) is 16.1. The molecule has 1 aliphatic heterocycles. The fourth-order valence-corrected chi connectivity index (χ4v) is 3.63. The first-order valence-electron chi connectivity index (χ1n) is 6.33. The van der Waals surface area contributed by atoms with Crippen LogP contribution < -0.4 is 0 Å². The van der Waals surface area contributed by atoms with Crippen molar-refractivity contribution in [1.29, 1.82) is 0 Å². The van der Waals surface area contributed by atoms with Crippen molar-refractivity contribution < 1.29 is 22.7 Å². The van der Waals surface area contributed by atoms with E-state index in [1.807, 2.05) is 30.3 Å². The summed E-state index contributed by atoms with van der Waals surface area (Å²) in [4.78, 5) is 13.3. The predicted octanol–water partition coefficient (Wildman–Crippen LogP) is 1.59. The van der Waals surface area contributed by atoms with Crippen LogP contribution in [-0.2, 0) is 25.1 Å². The molecule has 2 rings (SSSR count). The Morgan fingerprint density at radius 2 is 2.00 bits per heavy atom. The number of hydrogen-bond donors (Lipinski definition) is 0. The number of nitrogens with zero attached hydrogens (tertiary/aromatic N) is 1. The summed E-state index contributed by atoms with van der Waals surface area (Å²) >= 11 is 0. The van der Waals surface area contributed by atoms with E-state index in [1.165, 1.54) is 12.0 Å². The van der Waals surface area contributed by atoms with Crippen molar-refractivity contribution in [3.05, 3.63) is 35.9 Å². The van der Waals surface area contributed by atoms with Crippen LogP contribution in [-0.4, -0.2) is 51.0 Å². The van der Waals surface area contributed by atoms with Gasteiger partial charge in [-0.1, -0.05) is 30.3 Å². The Hall–Kier alpha value is -1.31. The van der Waals surface area contributed by atoms with Crippen molar-refractivity contribution in [2.24, 2.45) is 0 Å². The molecule has 1 amide bonds. The molecule has 6 nitrogen and oxygen atoms in total. The number of halogens is 1. The Morgan fingerprint density at radius 3 is 2.52 bits per heavy atom. The fraction of sp³-hybridized carbons (Fsp3) is 0.462. The van der Waals surface area contributed by atoms with Crippen LogP contribution in [0.2, 0.25) is 0 Å². The average Bonchev–Trinajstić information content (AvgIpc) is 2.90. The molecule has 8 heteroatoms. The maximum absolute atomic E-state index is 12.0. The number of carbonyl (C=O) groups is 1. The largest absolute Gasteiger partial charge is 0.445 e. The van der Waals surface area contributed by atoms with E-state index < -0.39 is 26.5 Å². The second-order valence-corrected chi connectivity index (χ2v) is 7.58. The van der Waals surface area contributed by atoms with Gasteiger partial charge in [-0.3, -0.25) is 0 Å². The van der Waals surface area contributed by atoms with Crippen molar-refractivity contribution in [2.45, 2.75) is 18.0 Å². The Bertz CT molecular complexity index is 592. The van der Waals surface area contributed by atoms with Crippen molar-refractivity contribution in [2.75, 3.05) is 20.2 Å². The smallest absolute Gasteiger partial charge is 0.410 e. The van der Waals surface area contributed by atoms with E-state index in [1.54, 1.807) is 0 Å². The lowest BCUT2D eigenvalue weighted by molar-refractivity contribution is 0.0852. The third-order valence-electron chi connectivity index (χ3n) is 3.34. The molecule has 1 aliphatic rings. The molecular weight excluding hydrogens is 318 g/mol. The number of amides is 1. The number of likely N-dealkylation sites (tertiary alicyclic amines) is 1. The van der Waals surface area contributed by atoms with Gasteiger partial charge >= 0.3 is 6.09 Å². The summed E-state index contributed by atoms with van der Waals surface area (Å²) in [6.45, 7) is 0.241. The lowest BCUT2D eigenvalue weighted by Crippen LogP contribution is -2.31. The zero-order chi connectivity index (χ0) is 15.5. The molecule has 1 aromatic rings. The molecule has 0 bridgehead atoms. The molecule has 1 saturated heterocycles. The van der Waals surface area contributed by atoms with Gasteiger partial charge in [0.1, 0.15) is 11.9 Å². The van der Waals surface area contributed by atoms with E-state index in [0.29, 0.717) is 0 Å². The van der Waals surface area contributed by atoms with Gasteiger partial charge in [0, 0.05) is 24.3 Å². The fourth-order valence-electron chi connectivity index (χ4n) is 2.20. The monoisotopic (exact) mass is 333 g/mol. The number of carbonyl (C=O) groups excluding carboxylic acids is 1. The Kier molecular flexibility index (Phi) is 5.08. The summed E-state index contributed by atoms with van der Waals surface area (Å²) in [6.07, 6.45) is -1.22. The number of methoxy groups -OCH3 is 1. The maximum Gasteiger partial charge on any atom is 0.410 e. The summed E-state index contributed by atoms with van der Waals surface area (Å²) in [5, 5.41) is -0.937. The van der Waals surface area contributed by atoms with Gasteiger partial charge in [-0.25, -0.2) is 13.2 Å². The van der Waals surface area contributed by atoms with Crippen LogP contribution in [0.1, 0.15) is 5.56 Å². The minimum atomic E-state index is -3.80. The topological polar surface area (TPSA) is 72.9 Å². The molecule has 0 spiro atoms. The highest BCUT2D eigenvalue weighted by atomic mass is 35.7. The summed E-state index contributed by atoms with van der Waals surface area (Å²) in [5.74, 6) is 0. The molecule has 21 heavy (non-hydrogen) atoms. The lowest BCUT2D eigenvalue weighted by Gasteiger charge is -2.15. The molecule has 116 valence electrons. The highest BCUT2D eigenvalue weighted by Gasteiger charge is 2.43. The van der Waals surface area contributed by atoms with Crippen molar-refractivity contribution in [1.82, 2.24) is 4.90 Å². The lowest BCUT2D eigenvalue weighted by atomic mass is 10.2. The Morgan fingerprint density at radius 1 is 1.33 bits per heavy atom. The van der Waals surface area contributed by atoms with Gasteiger partial charge < -0.3 is 14.4 Å². The molecule has 2 atom stereocenters. The predicted molar refractivity (Wildman–Crippen MR) is 77.6 cm³/mol. The molecule has 1 heterocycles. The van der Waals surface area contributed by atoms with Gasteiger partial charge in [0.15, 0.2) is 0 Å². The van der Waals surface area contributed by atoms with E-state index in [4.69, 9.17) is 20.2 Å². The molecule has 0 aliphatic carbocycles. The third kappa shape index (κ3) is 4.09. The minimum Gasteiger partial charge on any atom is -0.445 e. The summed E-state index contributed by atoms with van der Waals surface area (Å²) < 4.78 is 33.2. The summed E-state index contributed by atoms with van der Waals surface area (Å²) in [5.41, 5.74) is 0.856. The number of rotatable bonds is 4. The van der Waals surface area contributed by atoms with Crippen LogP contribution in [0, 0.1) is 0 Å². The summed E-state index contributed by atoms with van der Waals surface area (Å²) in [6, 6.07) is 9.22. The van der Waals surface area contributed by atoms with E-state index in [0.717, 1.165) is 5.56 Å². The zero-order valence-corrected chi connectivity index (χ0v) is 13.0. The van der Waals surface area contributed by atoms with Gasteiger partial charge in [0.2, 0.25) is 9.05 Å². The normalized spacial score (nSPS) is 22.3. The van der Waals surface area contributed by atoms with Crippen LogP contribution >= 0.6 is 10.7 Å². The summed E-state index contributed by atoms with van der Waals surface area (Å²) in [7, 11) is 2.96. The quantitative estimate of drug-likeness (QED) is 0.782. The maximum atomic E-state index is 12.0. The Balaban J connectivity index is 1.95. The van der Waals surface area contributed by atoms with Crippen LogP contribution in [0.5, 0.6) is 0 Å². The molecule has 1 fully saturated rings. The average molecular weight is 334 g/mol. The zero-order valence-electron chi connectivity index (χ0n) is 11.4. The van der Waals surface area contributed by atoms with Crippen LogP contribution in [0.4, 0.5) is 4.79 Å². The molecule has 1 aromatic carbocycles. The molecule has 0 N–H and O–H groups in total. The van der Waals surface area contributed by atoms with E-state index in [2.05, 4.69) is 0 Å². The van der Waals surface area contributed by atoms with Gasteiger partial charge in [-0.2, -0.15) is 0 Å². The number of hydrogen-bond acceptors (Lipinski definition) is 5. The van der Waals surface area contributed by atoms with Crippen molar-refractivity contribution in [3.63, 3.8) is 0 Å². The van der Waals surface area contributed by atoms with E-state index >= 15 is 0 Å². The second-order valence-electron chi connectivity index (χ2n) is 4.73. The number of benzene rings is 1. The highest BCUT2D eigenvalue weighted by Crippen LogP contribution is 2.23. The van der Waals surface area contributed by atoms with Crippen LogP contribution in [0.25, 0.3) is 0 Å². The molecule has 0 unspecified atom stereocenters. The Labute approximate surface area is 128 Å². The molecule has 0 radical (unpaired) electrons. The standard InChI is InChI=1S/C13H16ClNO5S/c1-19-11-7-15(8-12(11)21(14,17)18)13(16)20-9-10-5-3-2-4-6-10/h2-6,11-12H,7-9H2,1H3/t11-,12+/m1/s1. The van der Waals surface area contributed by atoms with E-state index in [9.17, 15) is 13.2 Å². The van der Waals surface area contributed by atoms with Gasteiger partial charge in [-0.15, -0.1) is 0 Å². The SMILES string of the molecule is CO[C@@H]1CN(C(=O)OCc2ccccc2)C[C@@H]1S(=O)(=O)Cl. The van der Waals surface area contributed by atoms with Crippen molar-refractivity contribution in [3.8, 4) is 0 Å². The van der Waals surface area contributed by atoms with Gasteiger partial charge in [-0.05, 0) is 5.56 Å². The first-order chi connectivity index (χ1) is 9.91. The molecule has 0 aromatic heterocycles. The van der Waals surface area contributed by atoms with Crippen LogP contribution in [0.15, 0.2) is 30.3 Å². The molecule has 0 saturated carbocycles. The third-order valence-corrected chi connectivity index (χ3v) is 5.21. The minimum absolute atomic E-state index is 0.0298. The second kappa shape index (κ2) is 6.64. The van der Waals surface area contributed by atoms with Gasteiger partial charge in [0.25, 0.3) is 0 Å². The van der Waals surface area contributed by atoms with E-state index in [-0.39, 0.29) is 19.7 Å². The van der Waals surface area contributed by atoms with Crippen molar-refractivity contribution >= 4 is 25.8 Å². The molecular formula is C13H16ClNO5S. The van der Waals surface area contributed by atoms with Crippen LogP contribution in [0.3, 0.4) is 0 Å². The number of ether oxygens (including phenoxy) is 2.